The first-order valence-corrected chi connectivity index (χ1v) is 7.03. The zero-order chi connectivity index (χ0) is 15.3. The van der Waals surface area contributed by atoms with Crippen LogP contribution in [0.4, 0.5) is 0 Å². The number of nitrogens with one attached hydrogen (secondary N) is 1. The molecule has 3 heteroatoms. The van der Waals surface area contributed by atoms with Crippen LogP contribution in [0.1, 0.15) is 25.0 Å². The minimum Gasteiger partial charge on any atom is -0.484 e. The fourth-order valence-corrected chi connectivity index (χ4v) is 2.21. The number of rotatable bonds is 5. The molecule has 0 unspecified atom stereocenters. The van der Waals surface area contributed by atoms with Crippen molar-refractivity contribution in [3.63, 3.8) is 0 Å². The van der Waals surface area contributed by atoms with Crippen molar-refractivity contribution in [1.29, 1.82) is 0 Å². The second kappa shape index (κ2) is 6.44. The molecule has 1 N–H and O–H groups in total. The first kappa shape index (κ1) is 15.1. The fraction of sp³-hybridized carbons (Fsp3) is 0.278. The van der Waals surface area contributed by atoms with Gasteiger partial charge in [-0.3, -0.25) is 4.79 Å². The summed E-state index contributed by atoms with van der Waals surface area (Å²) in [5, 5.41) is 2.53. The average molecular weight is 283 g/mol. The Labute approximate surface area is 126 Å². The molecule has 2 aromatic rings. The molecule has 0 aliphatic carbocycles. The molecule has 0 saturated heterocycles. The van der Waals surface area contributed by atoms with Gasteiger partial charge in [-0.2, -0.15) is 0 Å². The molecule has 110 valence electrons. The summed E-state index contributed by atoms with van der Waals surface area (Å²) in [7, 11) is 1.59. The van der Waals surface area contributed by atoms with E-state index in [2.05, 4.69) is 43.4 Å². The van der Waals surface area contributed by atoms with Crippen molar-refractivity contribution in [2.75, 3.05) is 13.7 Å². The largest absolute Gasteiger partial charge is 0.484 e. The van der Waals surface area contributed by atoms with Crippen molar-refractivity contribution in [1.82, 2.24) is 5.32 Å². The van der Waals surface area contributed by atoms with Crippen LogP contribution >= 0.6 is 0 Å². The summed E-state index contributed by atoms with van der Waals surface area (Å²) in [6.45, 7) is 4.43. The van der Waals surface area contributed by atoms with Gasteiger partial charge in [0.25, 0.3) is 5.91 Å². The second-order valence-electron chi connectivity index (χ2n) is 5.48. The Morgan fingerprint density at radius 1 is 1.00 bits per heavy atom. The Hall–Kier alpha value is -2.29. The molecule has 0 aromatic heterocycles. The van der Waals surface area contributed by atoms with Gasteiger partial charge in [-0.15, -0.1) is 0 Å². The third-order valence-electron chi connectivity index (χ3n) is 3.72. The van der Waals surface area contributed by atoms with E-state index in [0.29, 0.717) is 5.75 Å². The molecule has 2 rings (SSSR count). The number of hydrogen-bond acceptors (Lipinski definition) is 2. The second-order valence-corrected chi connectivity index (χ2v) is 5.48. The Morgan fingerprint density at radius 3 is 2.14 bits per heavy atom. The molecule has 0 radical (unpaired) electrons. The number of carbonyl (C=O) groups excluding carboxylic acids is 1. The molecule has 0 aliphatic rings. The van der Waals surface area contributed by atoms with Crippen molar-refractivity contribution in [3.8, 4) is 5.75 Å². The number of amides is 1. The van der Waals surface area contributed by atoms with E-state index in [1.165, 1.54) is 11.1 Å². The summed E-state index contributed by atoms with van der Waals surface area (Å²) in [5.41, 5.74) is 2.41. The van der Waals surface area contributed by atoms with Gasteiger partial charge in [-0.05, 0) is 23.3 Å². The summed E-state index contributed by atoms with van der Waals surface area (Å²) in [5.74, 6) is 0.565. The first-order valence-electron chi connectivity index (χ1n) is 7.03. The van der Waals surface area contributed by atoms with Crippen LogP contribution in [0.3, 0.4) is 0 Å². The van der Waals surface area contributed by atoms with E-state index in [1.54, 1.807) is 7.05 Å². The summed E-state index contributed by atoms with van der Waals surface area (Å²) in [4.78, 5) is 11.2. The minimum atomic E-state index is -0.135. The zero-order valence-electron chi connectivity index (χ0n) is 12.7. The summed E-state index contributed by atoms with van der Waals surface area (Å²) < 4.78 is 5.42. The molecule has 0 saturated carbocycles. The van der Waals surface area contributed by atoms with Crippen LogP contribution in [0.15, 0.2) is 54.6 Å². The summed E-state index contributed by atoms with van der Waals surface area (Å²) in [6, 6.07) is 18.3. The van der Waals surface area contributed by atoms with Crippen LogP contribution in [0, 0.1) is 0 Å². The number of ether oxygens (including phenoxy) is 1. The maximum Gasteiger partial charge on any atom is 0.257 e. The maximum atomic E-state index is 11.2. The topological polar surface area (TPSA) is 38.3 Å². The molecule has 0 aliphatic heterocycles. The monoisotopic (exact) mass is 283 g/mol. The van der Waals surface area contributed by atoms with Crippen molar-refractivity contribution in [2.45, 2.75) is 19.3 Å². The predicted octanol–water partition coefficient (Wildman–Crippen LogP) is 3.14. The van der Waals surface area contributed by atoms with E-state index in [0.717, 1.165) is 0 Å². The Kier molecular flexibility index (Phi) is 4.63. The minimum absolute atomic E-state index is 0.0396. The van der Waals surface area contributed by atoms with Gasteiger partial charge >= 0.3 is 0 Å². The molecule has 3 nitrogen and oxygen atoms in total. The molecular formula is C18H21NO2. The SMILES string of the molecule is CNC(=O)COc1ccc(C(C)(C)c2ccccc2)cc1. The van der Waals surface area contributed by atoms with Gasteiger partial charge in [-0.25, -0.2) is 0 Å². The first-order chi connectivity index (χ1) is 10.0. The third kappa shape index (κ3) is 3.63. The van der Waals surface area contributed by atoms with Gasteiger partial charge in [0.15, 0.2) is 6.61 Å². The lowest BCUT2D eigenvalue weighted by atomic mass is 9.78. The van der Waals surface area contributed by atoms with Crippen LogP contribution in [-0.4, -0.2) is 19.6 Å². The highest BCUT2D eigenvalue weighted by Gasteiger charge is 2.22. The van der Waals surface area contributed by atoms with Gasteiger partial charge in [0.1, 0.15) is 5.75 Å². The quantitative estimate of drug-likeness (QED) is 0.915. The fourth-order valence-electron chi connectivity index (χ4n) is 2.21. The van der Waals surface area contributed by atoms with E-state index in [1.807, 2.05) is 30.3 Å². The van der Waals surface area contributed by atoms with Gasteiger partial charge < -0.3 is 10.1 Å². The normalized spacial score (nSPS) is 11.0. The van der Waals surface area contributed by atoms with Crippen molar-refractivity contribution >= 4 is 5.91 Å². The average Bonchev–Trinajstić information content (AvgIpc) is 2.53. The highest BCUT2D eigenvalue weighted by Crippen LogP contribution is 2.32. The van der Waals surface area contributed by atoms with Crippen LogP contribution in [-0.2, 0) is 10.2 Å². The maximum absolute atomic E-state index is 11.2. The predicted molar refractivity (Wildman–Crippen MR) is 84.6 cm³/mol. The third-order valence-corrected chi connectivity index (χ3v) is 3.72. The molecule has 0 fully saturated rings. The molecule has 0 atom stereocenters. The highest BCUT2D eigenvalue weighted by atomic mass is 16.5. The molecule has 21 heavy (non-hydrogen) atoms. The number of benzene rings is 2. The van der Waals surface area contributed by atoms with Gasteiger partial charge in [0.05, 0.1) is 0 Å². The lowest BCUT2D eigenvalue weighted by Crippen LogP contribution is -2.24. The Bertz CT molecular complexity index is 588. The molecule has 0 heterocycles. The van der Waals surface area contributed by atoms with E-state index < -0.39 is 0 Å². The standard InChI is InChI=1S/C18H21NO2/c1-18(2,14-7-5-4-6-8-14)15-9-11-16(12-10-15)21-13-17(20)19-3/h4-12H,13H2,1-3H3,(H,19,20). The highest BCUT2D eigenvalue weighted by molar-refractivity contribution is 5.77. The molecule has 2 aromatic carbocycles. The number of carbonyl (C=O) groups is 1. The van der Waals surface area contributed by atoms with Gasteiger partial charge in [-0.1, -0.05) is 56.3 Å². The smallest absolute Gasteiger partial charge is 0.257 e. The van der Waals surface area contributed by atoms with Crippen LogP contribution < -0.4 is 10.1 Å². The summed E-state index contributed by atoms with van der Waals surface area (Å²) in [6.07, 6.45) is 0. The van der Waals surface area contributed by atoms with E-state index in [-0.39, 0.29) is 17.9 Å². The van der Waals surface area contributed by atoms with Crippen LogP contribution in [0.25, 0.3) is 0 Å². The lowest BCUT2D eigenvalue weighted by Gasteiger charge is -2.26. The van der Waals surface area contributed by atoms with Crippen molar-refractivity contribution in [2.24, 2.45) is 0 Å². The van der Waals surface area contributed by atoms with E-state index in [9.17, 15) is 4.79 Å². The van der Waals surface area contributed by atoms with E-state index in [4.69, 9.17) is 4.74 Å². The van der Waals surface area contributed by atoms with Gasteiger partial charge in [0.2, 0.25) is 0 Å². The van der Waals surface area contributed by atoms with Crippen molar-refractivity contribution < 1.29 is 9.53 Å². The van der Waals surface area contributed by atoms with Crippen molar-refractivity contribution in [3.05, 3.63) is 65.7 Å². The molecule has 0 bridgehead atoms. The van der Waals surface area contributed by atoms with Gasteiger partial charge in [0, 0.05) is 12.5 Å². The Balaban J connectivity index is 2.13. The van der Waals surface area contributed by atoms with Crippen LogP contribution in [0.2, 0.25) is 0 Å². The molecular weight excluding hydrogens is 262 g/mol. The molecule has 1 amide bonds. The molecule has 0 spiro atoms. The Morgan fingerprint density at radius 2 is 1.57 bits per heavy atom. The summed E-state index contributed by atoms with van der Waals surface area (Å²) >= 11 is 0. The number of likely N-dealkylation sites (N-methyl/N-ethyl adjacent to an activating group) is 1. The lowest BCUT2D eigenvalue weighted by molar-refractivity contribution is -0.122. The zero-order valence-corrected chi connectivity index (χ0v) is 12.7. The number of hydrogen-bond donors (Lipinski definition) is 1. The van der Waals surface area contributed by atoms with E-state index >= 15 is 0 Å². The van der Waals surface area contributed by atoms with Crippen LogP contribution in [0.5, 0.6) is 5.75 Å².